The number of nitrogens with one attached hydrogen (secondary N) is 1. The topological polar surface area (TPSA) is 102 Å². The summed E-state index contributed by atoms with van der Waals surface area (Å²) < 4.78 is 31.8. The molecule has 0 spiro atoms. The van der Waals surface area contributed by atoms with Crippen molar-refractivity contribution in [3.8, 4) is 5.75 Å². The normalized spacial score (nSPS) is 16.9. The number of hydrogen-bond acceptors (Lipinski definition) is 6. The SMILES string of the molecule is CCNCC1CCN(S(=O)(=O)c2ccc(OC)c([N+](=O)[O-])c2)CC1. The van der Waals surface area contributed by atoms with Crippen LogP contribution in [0.5, 0.6) is 5.75 Å². The van der Waals surface area contributed by atoms with Gasteiger partial charge in [0.2, 0.25) is 10.0 Å². The summed E-state index contributed by atoms with van der Waals surface area (Å²) in [6.45, 7) is 4.68. The number of piperidine rings is 1. The standard InChI is InChI=1S/C15H23N3O5S/c1-3-16-11-12-6-8-17(9-7-12)24(21,22)13-4-5-15(23-2)14(10-13)18(19)20/h4-5,10,12,16H,3,6-9,11H2,1-2H3. The zero-order valence-electron chi connectivity index (χ0n) is 13.9. The lowest BCUT2D eigenvalue weighted by molar-refractivity contribution is -0.386. The van der Waals surface area contributed by atoms with Gasteiger partial charge in [-0.05, 0) is 44.0 Å². The zero-order chi connectivity index (χ0) is 17.7. The van der Waals surface area contributed by atoms with Crippen molar-refractivity contribution in [2.45, 2.75) is 24.7 Å². The van der Waals surface area contributed by atoms with Crippen LogP contribution < -0.4 is 10.1 Å². The Morgan fingerprint density at radius 2 is 2.04 bits per heavy atom. The molecule has 0 amide bonds. The minimum absolute atomic E-state index is 0.0447. The molecule has 0 saturated carbocycles. The number of ether oxygens (including phenoxy) is 1. The fourth-order valence-corrected chi connectivity index (χ4v) is 4.31. The van der Waals surface area contributed by atoms with Crippen LogP contribution in [0.25, 0.3) is 0 Å². The molecule has 1 heterocycles. The van der Waals surface area contributed by atoms with Gasteiger partial charge in [0, 0.05) is 19.2 Å². The van der Waals surface area contributed by atoms with Gasteiger partial charge in [0.05, 0.1) is 16.9 Å². The first kappa shape index (κ1) is 18.6. The van der Waals surface area contributed by atoms with Gasteiger partial charge in [-0.15, -0.1) is 0 Å². The van der Waals surface area contributed by atoms with Crippen molar-refractivity contribution in [2.24, 2.45) is 5.92 Å². The smallest absolute Gasteiger partial charge is 0.312 e. The summed E-state index contributed by atoms with van der Waals surface area (Å²) in [6.07, 6.45) is 1.56. The molecule has 24 heavy (non-hydrogen) atoms. The van der Waals surface area contributed by atoms with E-state index in [9.17, 15) is 18.5 Å². The van der Waals surface area contributed by atoms with E-state index in [1.54, 1.807) is 0 Å². The monoisotopic (exact) mass is 357 g/mol. The summed E-state index contributed by atoms with van der Waals surface area (Å²) in [5.41, 5.74) is -0.347. The molecule has 1 saturated heterocycles. The molecule has 9 heteroatoms. The maximum atomic E-state index is 12.7. The van der Waals surface area contributed by atoms with Gasteiger partial charge in [-0.25, -0.2) is 8.42 Å². The molecule has 1 aromatic rings. The molecule has 0 radical (unpaired) electrons. The summed E-state index contributed by atoms with van der Waals surface area (Å²) in [7, 11) is -2.42. The Bertz CT molecular complexity index is 684. The maximum Gasteiger partial charge on any atom is 0.312 e. The second-order valence-electron chi connectivity index (χ2n) is 5.75. The summed E-state index contributed by atoms with van der Waals surface area (Å²) in [5.74, 6) is 0.505. The van der Waals surface area contributed by atoms with E-state index in [4.69, 9.17) is 4.74 Å². The molecule has 1 aliphatic heterocycles. The minimum atomic E-state index is -3.73. The predicted molar refractivity (Wildman–Crippen MR) is 89.7 cm³/mol. The Balaban J connectivity index is 2.16. The molecule has 0 aliphatic carbocycles. The van der Waals surface area contributed by atoms with Gasteiger partial charge < -0.3 is 10.1 Å². The summed E-state index contributed by atoms with van der Waals surface area (Å²) in [6, 6.07) is 3.74. The third-order valence-corrected chi connectivity index (χ3v) is 6.14. The van der Waals surface area contributed by atoms with Crippen LogP contribution in [0.2, 0.25) is 0 Å². The molecule has 0 unspecified atom stereocenters. The number of sulfonamides is 1. The molecule has 1 fully saturated rings. The van der Waals surface area contributed by atoms with Gasteiger partial charge >= 0.3 is 5.69 Å². The lowest BCUT2D eigenvalue weighted by atomic mass is 9.98. The third kappa shape index (κ3) is 4.03. The van der Waals surface area contributed by atoms with E-state index in [-0.39, 0.29) is 16.3 Å². The Kier molecular flexibility index (Phi) is 6.14. The van der Waals surface area contributed by atoms with Gasteiger partial charge in [0.15, 0.2) is 5.75 Å². The lowest BCUT2D eigenvalue weighted by Crippen LogP contribution is -2.40. The van der Waals surface area contributed by atoms with Crippen LogP contribution in [0, 0.1) is 16.0 Å². The largest absolute Gasteiger partial charge is 0.490 e. The molecule has 1 aromatic carbocycles. The van der Waals surface area contributed by atoms with Crippen LogP contribution >= 0.6 is 0 Å². The molecule has 1 N–H and O–H groups in total. The van der Waals surface area contributed by atoms with E-state index in [1.165, 1.54) is 23.5 Å². The average molecular weight is 357 g/mol. The number of nitrogens with zero attached hydrogens (tertiary/aromatic N) is 2. The lowest BCUT2D eigenvalue weighted by Gasteiger charge is -2.31. The quantitative estimate of drug-likeness (QED) is 0.588. The van der Waals surface area contributed by atoms with E-state index < -0.39 is 14.9 Å². The molecule has 1 aliphatic rings. The molecule has 2 rings (SSSR count). The Hall–Kier alpha value is -1.71. The predicted octanol–water partition coefficient (Wildman–Crippen LogP) is 1.61. The molecular weight excluding hydrogens is 334 g/mol. The number of hydrogen-bond donors (Lipinski definition) is 1. The van der Waals surface area contributed by atoms with Crippen LogP contribution in [-0.4, -0.2) is 50.9 Å². The maximum absolute atomic E-state index is 12.7. The number of benzene rings is 1. The van der Waals surface area contributed by atoms with Crippen molar-refractivity contribution < 1.29 is 18.1 Å². The fraction of sp³-hybridized carbons (Fsp3) is 0.600. The highest BCUT2D eigenvalue weighted by Crippen LogP contribution is 2.31. The molecule has 0 bridgehead atoms. The van der Waals surface area contributed by atoms with Crippen LogP contribution in [0.3, 0.4) is 0 Å². The number of nitro groups is 1. The van der Waals surface area contributed by atoms with Gasteiger partial charge in [-0.3, -0.25) is 10.1 Å². The minimum Gasteiger partial charge on any atom is -0.490 e. The van der Waals surface area contributed by atoms with E-state index in [0.717, 1.165) is 32.0 Å². The van der Waals surface area contributed by atoms with Crippen molar-refractivity contribution in [1.82, 2.24) is 9.62 Å². The van der Waals surface area contributed by atoms with E-state index in [0.29, 0.717) is 19.0 Å². The van der Waals surface area contributed by atoms with Crippen molar-refractivity contribution in [3.05, 3.63) is 28.3 Å². The van der Waals surface area contributed by atoms with Crippen molar-refractivity contribution in [3.63, 3.8) is 0 Å². The Morgan fingerprint density at radius 1 is 1.38 bits per heavy atom. The fourth-order valence-electron chi connectivity index (χ4n) is 2.82. The first-order valence-corrected chi connectivity index (χ1v) is 9.37. The zero-order valence-corrected chi connectivity index (χ0v) is 14.7. The van der Waals surface area contributed by atoms with E-state index in [1.807, 2.05) is 6.92 Å². The summed E-state index contributed by atoms with van der Waals surface area (Å²) in [4.78, 5) is 10.4. The summed E-state index contributed by atoms with van der Waals surface area (Å²) in [5, 5.41) is 14.4. The highest BCUT2D eigenvalue weighted by atomic mass is 32.2. The highest BCUT2D eigenvalue weighted by Gasteiger charge is 2.31. The number of rotatable bonds is 7. The van der Waals surface area contributed by atoms with Crippen molar-refractivity contribution in [1.29, 1.82) is 0 Å². The second-order valence-corrected chi connectivity index (χ2v) is 7.68. The van der Waals surface area contributed by atoms with Crippen molar-refractivity contribution >= 4 is 15.7 Å². The number of nitro benzene ring substituents is 1. The number of methoxy groups -OCH3 is 1. The highest BCUT2D eigenvalue weighted by molar-refractivity contribution is 7.89. The van der Waals surface area contributed by atoms with Crippen molar-refractivity contribution in [2.75, 3.05) is 33.3 Å². The molecular formula is C15H23N3O5S. The molecule has 0 atom stereocenters. The van der Waals surface area contributed by atoms with Crippen LogP contribution in [-0.2, 0) is 10.0 Å². The first-order chi connectivity index (χ1) is 11.4. The van der Waals surface area contributed by atoms with Gasteiger partial charge in [-0.2, -0.15) is 4.31 Å². The van der Waals surface area contributed by atoms with Crippen LogP contribution in [0.4, 0.5) is 5.69 Å². The van der Waals surface area contributed by atoms with Crippen LogP contribution in [0.15, 0.2) is 23.1 Å². The molecule has 0 aromatic heterocycles. The Morgan fingerprint density at radius 3 is 2.58 bits per heavy atom. The molecule has 8 nitrogen and oxygen atoms in total. The van der Waals surface area contributed by atoms with Crippen LogP contribution in [0.1, 0.15) is 19.8 Å². The van der Waals surface area contributed by atoms with Gasteiger partial charge in [0.1, 0.15) is 0 Å². The van der Waals surface area contributed by atoms with E-state index in [2.05, 4.69) is 5.32 Å². The van der Waals surface area contributed by atoms with Gasteiger partial charge in [0.25, 0.3) is 0 Å². The second kappa shape index (κ2) is 7.91. The third-order valence-electron chi connectivity index (χ3n) is 4.24. The van der Waals surface area contributed by atoms with E-state index >= 15 is 0 Å². The summed E-state index contributed by atoms with van der Waals surface area (Å²) >= 11 is 0. The average Bonchev–Trinajstić information content (AvgIpc) is 2.59. The first-order valence-electron chi connectivity index (χ1n) is 7.93. The van der Waals surface area contributed by atoms with Gasteiger partial charge in [-0.1, -0.05) is 6.92 Å². The Labute approximate surface area is 142 Å². The molecule has 134 valence electrons.